The molecule has 0 aliphatic rings. The second-order valence-corrected chi connectivity index (χ2v) is 5.64. The second kappa shape index (κ2) is 7.58. The lowest BCUT2D eigenvalue weighted by molar-refractivity contribution is 0.250. The van der Waals surface area contributed by atoms with Crippen LogP contribution in [0.4, 0.5) is 22.1 Å². The third kappa shape index (κ3) is 4.67. The van der Waals surface area contributed by atoms with Crippen molar-refractivity contribution in [1.82, 2.24) is 15.5 Å². The fraction of sp³-hybridized carbons (Fsp3) is 0.353. The van der Waals surface area contributed by atoms with Gasteiger partial charge in [-0.15, -0.1) is 10.2 Å². The molecular weight excluding hydrogens is 290 g/mol. The molecule has 0 aliphatic carbocycles. The van der Waals surface area contributed by atoms with E-state index >= 15 is 0 Å². The number of nitrogens with zero attached hydrogens (tertiary/aromatic N) is 2. The van der Waals surface area contributed by atoms with Crippen molar-refractivity contribution in [1.29, 1.82) is 0 Å². The first-order valence-electron chi connectivity index (χ1n) is 7.76. The number of para-hydroxylation sites is 1. The van der Waals surface area contributed by atoms with Crippen LogP contribution in [0.15, 0.2) is 30.3 Å². The average molecular weight is 313 g/mol. The van der Waals surface area contributed by atoms with Gasteiger partial charge in [-0.25, -0.2) is 4.79 Å². The molecule has 0 aliphatic heterocycles. The van der Waals surface area contributed by atoms with Gasteiger partial charge in [-0.1, -0.05) is 25.1 Å². The molecule has 1 aromatic heterocycles. The van der Waals surface area contributed by atoms with Gasteiger partial charge in [0, 0.05) is 11.7 Å². The number of nitrogens with one attached hydrogen (secondary N) is 3. The summed E-state index contributed by atoms with van der Waals surface area (Å²) in [7, 11) is 0. The molecular formula is C17H23N5O. The molecule has 0 saturated heterocycles. The van der Waals surface area contributed by atoms with Crippen molar-refractivity contribution in [3.05, 3.63) is 41.5 Å². The minimum atomic E-state index is -0.290. The molecule has 1 aromatic carbocycles. The number of aromatic nitrogens is 2. The van der Waals surface area contributed by atoms with Crippen LogP contribution in [0.5, 0.6) is 0 Å². The summed E-state index contributed by atoms with van der Waals surface area (Å²) in [5.41, 5.74) is 3.44. The maximum Gasteiger partial charge on any atom is 0.320 e. The van der Waals surface area contributed by atoms with Gasteiger partial charge in [0.05, 0.1) is 0 Å². The smallest absolute Gasteiger partial charge is 0.320 e. The molecule has 2 rings (SSSR count). The number of rotatable bonds is 5. The molecule has 23 heavy (non-hydrogen) atoms. The van der Waals surface area contributed by atoms with Crippen LogP contribution in [0.3, 0.4) is 0 Å². The number of carbonyl (C=O) groups excluding carboxylic acids is 1. The van der Waals surface area contributed by atoms with Gasteiger partial charge >= 0.3 is 6.03 Å². The molecule has 0 fully saturated rings. The van der Waals surface area contributed by atoms with Gasteiger partial charge in [-0.3, -0.25) is 5.32 Å². The van der Waals surface area contributed by atoms with E-state index in [-0.39, 0.29) is 12.1 Å². The Labute approximate surface area is 136 Å². The summed E-state index contributed by atoms with van der Waals surface area (Å²) in [4.78, 5) is 11.6. The van der Waals surface area contributed by atoms with Crippen LogP contribution in [-0.2, 0) is 6.42 Å². The summed E-state index contributed by atoms with van der Waals surface area (Å²) in [5.74, 6) is 1.05. The Morgan fingerprint density at radius 1 is 1.13 bits per heavy atom. The molecule has 6 nitrogen and oxygen atoms in total. The molecule has 122 valence electrons. The van der Waals surface area contributed by atoms with Crippen LogP contribution in [0.2, 0.25) is 0 Å². The number of hydrogen-bond acceptors (Lipinski definition) is 4. The van der Waals surface area contributed by atoms with E-state index in [1.54, 1.807) is 12.1 Å². The van der Waals surface area contributed by atoms with Crippen LogP contribution in [0.25, 0.3) is 0 Å². The number of carbonyl (C=O) groups is 1. The first-order chi connectivity index (χ1) is 11.0. The van der Waals surface area contributed by atoms with Crippen molar-refractivity contribution >= 4 is 23.4 Å². The van der Waals surface area contributed by atoms with Crippen molar-refractivity contribution in [3.8, 4) is 0 Å². The van der Waals surface area contributed by atoms with E-state index < -0.39 is 0 Å². The Morgan fingerprint density at radius 3 is 2.43 bits per heavy atom. The van der Waals surface area contributed by atoms with Crippen LogP contribution in [-0.4, -0.2) is 22.3 Å². The van der Waals surface area contributed by atoms with E-state index in [1.807, 2.05) is 19.9 Å². The Hall–Kier alpha value is -2.63. The quantitative estimate of drug-likeness (QED) is 0.787. The number of amides is 2. The van der Waals surface area contributed by atoms with Gasteiger partial charge < -0.3 is 10.6 Å². The highest BCUT2D eigenvalue weighted by atomic mass is 16.2. The Morgan fingerprint density at radius 2 is 1.83 bits per heavy atom. The maximum absolute atomic E-state index is 11.6. The molecule has 0 unspecified atom stereocenters. The van der Waals surface area contributed by atoms with Crippen molar-refractivity contribution in [2.24, 2.45) is 0 Å². The third-order valence-electron chi connectivity index (χ3n) is 3.32. The first kappa shape index (κ1) is 16.7. The van der Waals surface area contributed by atoms with Gasteiger partial charge in [0.25, 0.3) is 0 Å². The van der Waals surface area contributed by atoms with Crippen molar-refractivity contribution in [2.75, 3.05) is 10.6 Å². The number of urea groups is 1. The molecule has 0 spiro atoms. The average Bonchev–Trinajstić information content (AvgIpc) is 2.50. The number of aryl methyl sites for hydroxylation is 2. The lowest BCUT2D eigenvalue weighted by Crippen LogP contribution is -2.34. The zero-order valence-electron chi connectivity index (χ0n) is 14.0. The van der Waals surface area contributed by atoms with Gasteiger partial charge in [-0.2, -0.15) is 0 Å². The van der Waals surface area contributed by atoms with E-state index in [0.29, 0.717) is 11.6 Å². The summed E-state index contributed by atoms with van der Waals surface area (Å²) in [5, 5.41) is 16.8. The zero-order chi connectivity index (χ0) is 16.8. The molecule has 3 N–H and O–H groups in total. The summed E-state index contributed by atoms with van der Waals surface area (Å²) >= 11 is 0. The Kier molecular flexibility index (Phi) is 5.51. The van der Waals surface area contributed by atoms with E-state index in [0.717, 1.165) is 17.7 Å². The lowest BCUT2D eigenvalue weighted by Gasteiger charge is -2.13. The van der Waals surface area contributed by atoms with Gasteiger partial charge in [-0.05, 0) is 50.5 Å². The SMILES string of the molecule is CCc1cccc(C)c1Nc1ccc(NC(=O)NC(C)C)nn1. The van der Waals surface area contributed by atoms with Crippen LogP contribution >= 0.6 is 0 Å². The highest BCUT2D eigenvalue weighted by Gasteiger charge is 2.07. The summed E-state index contributed by atoms with van der Waals surface area (Å²) in [6.07, 6.45) is 0.937. The molecule has 6 heteroatoms. The van der Waals surface area contributed by atoms with Gasteiger partial charge in [0.2, 0.25) is 0 Å². The largest absolute Gasteiger partial charge is 0.338 e. The molecule has 2 amide bonds. The summed E-state index contributed by atoms with van der Waals surface area (Å²) in [6.45, 7) is 7.96. The highest BCUT2D eigenvalue weighted by Crippen LogP contribution is 2.24. The van der Waals surface area contributed by atoms with Crippen molar-refractivity contribution in [2.45, 2.75) is 40.2 Å². The van der Waals surface area contributed by atoms with Crippen molar-refractivity contribution in [3.63, 3.8) is 0 Å². The third-order valence-corrected chi connectivity index (χ3v) is 3.32. The van der Waals surface area contributed by atoms with Crippen LogP contribution < -0.4 is 16.0 Å². The van der Waals surface area contributed by atoms with Crippen LogP contribution in [0.1, 0.15) is 31.9 Å². The second-order valence-electron chi connectivity index (χ2n) is 5.64. The lowest BCUT2D eigenvalue weighted by atomic mass is 10.1. The predicted molar refractivity (Wildman–Crippen MR) is 93.2 cm³/mol. The van der Waals surface area contributed by atoms with E-state index in [9.17, 15) is 4.79 Å². The minimum absolute atomic E-state index is 0.0671. The molecule has 0 radical (unpaired) electrons. The number of benzene rings is 1. The van der Waals surface area contributed by atoms with E-state index in [2.05, 4.69) is 52.1 Å². The van der Waals surface area contributed by atoms with Gasteiger partial charge in [0.15, 0.2) is 11.6 Å². The Bertz CT molecular complexity index is 667. The molecule has 2 aromatic rings. The molecule has 0 bridgehead atoms. The van der Waals surface area contributed by atoms with Crippen molar-refractivity contribution < 1.29 is 4.79 Å². The minimum Gasteiger partial charge on any atom is -0.338 e. The number of anilines is 3. The topological polar surface area (TPSA) is 78.9 Å². The van der Waals surface area contributed by atoms with Gasteiger partial charge in [0.1, 0.15) is 0 Å². The maximum atomic E-state index is 11.6. The monoisotopic (exact) mass is 313 g/mol. The van der Waals surface area contributed by atoms with E-state index in [4.69, 9.17) is 0 Å². The molecule has 0 saturated carbocycles. The highest BCUT2D eigenvalue weighted by molar-refractivity contribution is 5.88. The predicted octanol–water partition coefficient (Wildman–Crippen LogP) is 3.62. The number of hydrogen-bond donors (Lipinski definition) is 3. The normalized spacial score (nSPS) is 10.5. The fourth-order valence-corrected chi connectivity index (χ4v) is 2.21. The fourth-order valence-electron chi connectivity index (χ4n) is 2.21. The molecule has 0 atom stereocenters. The standard InChI is InChI=1S/C17H23N5O/c1-5-13-8-6-7-12(4)16(13)19-14-9-10-15(22-21-14)20-17(23)18-11(2)3/h6-11H,5H2,1-4H3,(H,19,21)(H2,18,20,22,23). The van der Waals surface area contributed by atoms with E-state index in [1.165, 1.54) is 5.56 Å². The first-order valence-corrected chi connectivity index (χ1v) is 7.76. The summed E-state index contributed by atoms with van der Waals surface area (Å²) in [6, 6.07) is 9.49. The Balaban J connectivity index is 2.07. The van der Waals surface area contributed by atoms with Crippen LogP contribution in [0, 0.1) is 6.92 Å². The zero-order valence-corrected chi connectivity index (χ0v) is 14.0. The summed E-state index contributed by atoms with van der Waals surface area (Å²) < 4.78 is 0. The molecule has 1 heterocycles.